The number of ether oxygens (including phenoxy) is 2. The molecule has 1 fully saturated rings. The number of carbonyl (C=O) groups is 3. The molecule has 2 atom stereocenters. The molecule has 31 heavy (non-hydrogen) atoms. The van der Waals surface area contributed by atoms with Crippen molar-refractivity contribution in [2.24, 2.45) is 5.92 Å². The molecule has 0 unspecified atom stereocenters. The van der Waals surface area contributed by atoms with Gasteiger partial charge in [-0.05, 0) is 56.5 Å². The van der Waals surface area contributed by atoms with E-state index in [1.54, 1.807) is 11.0 Å². The summed E-state index contributed by atoms with van der Waals surface area (Å²) in [6.45, 7) is 7.43. The number of hydrogen-bond donors (Lipinski definition) is 1. The van der Waals surface area contributed by atoms with Gasteiger partial charge in [-0.3, -0.25) is 14.4 Å². The lowest BCUT2D eigenvalue weighted by atomic mass is 10.1. The third-order valence-corrected chi connectivity index (χ3v) is 5.48. The summed E-state index contributed by atoms with van der Waals surface area (Å²) in [7, 11) is 1.54. The number of amides is 2. The first-order chi connectivity index (χ1) is 14.7. The van der Waals surface area contributed by atoms with Crippen LogP contribution in [0.25, 0.3) is 0 Å². The van der Waals surface area contributed by atoms with E-state index in [1.807, 2.05) is 51.1 Å². The second-order valence-corrected chi connectivity index (χ2v) is 7.92. The summed E-state index contributed by atoms with van der Waals surface area (Å²) in [5.74, 6) is -1.24. The van der Waals surface area contributed by atoms with Crippen molar-refractivity contribution in [3.05, 3.63) is 53.1 Å². The van der Waals surface area contributed by atoms with E-state index in [0.717, 1.165) is 16.7 Å². The molecule has 0 bridgehead atoms. The van der Waals surface area contributed by atoms with Crippen LogP contribution in [-0.4, -0.2) is 37.5 Å². The minimum Gasteiger partial charge on any atom is -0.495 e. The smallest absolute Gasteiger partial charge is 0.312 e. The zero-order chi connectivity index (χ0) is 22.7. The number of nitrogens with one attached hydrogen (secondary N) is 1. The number of methoxy groups -OCH3 is 1. The first-order valence-electron chi connectivity index (χ1n) is 10.2. The predicted octanol–water partition coefficient (Wildman–Crippen LogP) is 3.54. The molecule has 0 saturated carbocycles. The van der Waals surface area contributed by atoms with Crippen molar-refractivity contribution < 1.29 is 23.9 Å². The van der Waals surface area contributed by atoms with E-state index in [1.165, 1.54) is 14.0 Å². The Kier molecular flexibility index (Phi) is 6.63. The third-order valence-electron chi connectivity index (χ3n) is 5.48. The second kappa shape index (κ2) is 9.20. The molecular weight excluding hydrogens is 396 g/mol. The Balaban J connectivity index is 1.65. The fourth-order valence-electron chi connectivity index (χ4n) is 3.67. The second-order valence-electron chi connectivity index (χ2n) is 7.92. The van der Waals surface area contributed by atoms with Crippen molar-refractivity contribution in [3.63, 3.8) is 0 Å². The number of para-hydroxylation sites is 1. The van der Waals surface area contributed by atoms with E-state index < -0.39 is 23.9 Å². The summed E-state index contributed by atoms with van der Waals surface area (Å²) >= 11 is 0. The number of hydrogen-bond acceptors (Lipinski definition) is 5. The van der Waals surface area contributed by atoms with Gasteiger partial charge in [-0.2, -0.15) is 0 Å². The highest BCUT2D eigenvalue weighted by molar-refractivity contribution is 6.01. The Morgan fingerprint density at radius 3 is 2.45 bits per heavy atom. The Morgan fingerprint density at radius 2 is 1.81 bits per heavy atom. The molecule has 2 aromatic rings. The average molecular weight is 424 g/mol. The number of carbonyl (C=O) groups excluding carboxylic acids is 3. The number of rotatable bonds is 6. The molecule has 0 radical (unpaired) electrons. The summed E-state index contributed by atoms with van der Waals surface area (Å²) in [6, 6.07) is 11.3. The van der Waals surface area contributed by atoms with Crippen LogP contribution in [0.3, 0.4) is 0 Å². The van der Waals surface area contributed by atoms with Crippen LogP contribution < -0.4 is 15.0 Å². The fourth-order valence-corrected chi connectivity index (χ4v) is 3.67. The van der Waals surface area contributed by atoms with Gasteiger partial charge in [0.05, 0.1) is 18.7 Å². The van der Waals surface area contributed by atoms with Crippen LogP contribution in [0.1, 0.15) is 30.0 Å². The van der Waals surface area contributed by atoms with Gasteiger partial charge < -0.3 is 19.7 Å². The first-order valence-corrected chi connectivity index (χ1v) is 10.2. The van der Waals surface area contributed by atoms with Gasteiger partial charge in [0.2, 0.25) is 5.91 Å². The van der Waals surface area contributed by atoms with E-state index in [-0.39, 0.29) is 18.9 Å². The lowest BCUT2D eigenvalue weighted by molar-refractivity contribution is -0.157. The molecule has 7 heteroatoms. The third kappa shape index (κ3) is 4.87. The minimum atomic E-state index is -0.982. The van der Waals surface area contributed by atoms with Gasteiger partial charge in [-0.1, -0.05) is 24.3 Å². The van der Waals surface area contributed by atoms with E-state index >= 15 is 0 Å². The fraction of sp³-hybridized carbons (Fsp3) is 0.375. The monoisotopic (exact) mass is 424 g/mol. The molecular formula is C24H28N2O5. The summed E-state index contributed by atoms with van der Waals surface area (Å²) < 4.78 is 10.8. The van der Waals surface area contributed by atoms with Gasteiger partial charge >= 0.3 is 5.97 Å². The highest BCUT2D eigenvalue weighted by Crippen LogP contribution is 2.34. The van der Waals surface area contributed by atoms with Gasteiger partial charge in [0.15, 0.2) is 6.10 Å². The Bertz CT molecular complexity index is 997. The number of esters is 1. The maximum atomic E-state index is 12.7. The van der Waals surface area contributed by atoms with Crippen LogP contribution in [0, 0.1) is 26.7 Å². The molecule has 164 valence electrons. The molecule has 3 rings (SSSR count). The lowest BCUT2D eigenvalue weighted by Crippen LogP contribution is -2.33. The van der Waals surface area contributed by atoms with Crippen molar-refractivity contribution in [2.45, 2.75) is 40.2 Å². The molecule has 1 aliphatic rings. The number of aryl methyl sites for hydroxylation is 3. The quantitative estimate of drug-likeness (QED) is 0.717. The molecule has 0 aromatic heterocycles. The molecule has 1 aliphatic heterocycles. The molecule has 2 amide bonds. The van der Waals surface area contributed by atoms with E-state index in [0.29, 0.717) is 17.1 Å². The Labute approximate surface area is 182 Å². The largest absolute Gasteiger partial charge is 0.495 e. The Morgan fingerprint density at radius 1 is 1.13 bits per heavy atom. The topological polar surface area (TPSA) is 84.9 Å². The van der Waals surface area contributed by atoms with Gasteiger partial charge in [0, 0.05) is 18.7 Å². The standard InChI is InChI=1S/C24H28N2O5/c1-14-9-10-20(30-5)19(11-14)26-13-18(12-21(26)27)24(29)31-17(4)23(28)25-22-15(2)7-6-8-16(22)3/h6-11,17-18H,12-13H2,1-5H3,(H,25,28)/t17-,18+/m0/s1. The van der Waals surface area contributed by atoms with Crippen LogP contribution in [-0.2, 0) is 19.1 Å². The molecule has 1 saturated heterocycles. The normalized spacial score (nSPS) is 16.7. The summed E-state index contributed by atoms with van der Waals surface area (Å²) in [5.41, 5.74) is 4.17. The Hall–Kier alpha value is -3.35. The van der Waals surface area contributed by atoms with E-state index in [4.69, 9.17) is 9.47 Å². The van der Waals surface area contributed by atoms with Crippen LogP contribution in [0.2, 0.25) is 0 Å². The SMILES string of the molecule is COc1ccc(C)cc1N1C[C@H](C(=O)O[C@@H](C)C(=O)Nc2c(C)cccc2C)CC1=O. The van der Waals surface area contributed by atoms with Gasteiger partial charge in [-0.25, -0.2) is 0 Å². The zero-order valence-electron chi connectivity index (χ0n) is 18.5. The molecule has 0 spiro atoms. The zero-order valence-corrected chi connectivity index (χ0v) is 18.5. The van der Waals surface area contributed by atoms with Crippen molar-refractivity contribution in [1.29, 1.82) is 0 Å². The predicted molar refractivity (Wildman–Crippen MR) is 118 cm³/mol. The summed E-state index contributed by atoms with van der Waals surface area (Å²) in [4.78, 5) is 39.4. The number of anilines is 2. The van der Waals surface area contributed by atoms with Crippen LogP contribution in [0.15, 0.2) is 36.4 Å². The first kappa shape index (κ1) is 22.3. The van der Waals surface area contributed by atoms with Crippen molar-refractivity contribution in [2.75, 3.05) is 23.9 Å². The van der Waals surface area contributed by atoms with Crippen LogP contribution in [0.5, 0.6) is 5.75 Å². The summed E-state index contributed by atoms with van der Waals surface area (Å²) in [6.07, 6.45) is -0.953. The molecule has 1 heterocycles. The highest BCUT2D eigenvalue weighted by Gasteiger charge is 2.38. The maximum Gasteiger partial charge on any atom is 0.312 e. The number of benzene rings is 2. The average Bonchev–Trinajstić information content (AvgIpc) is 3.12. The molecule has 2 aromatic carbocycles. The minimum absolute atomic E-state index is 0.0289. The van der Waals surface area contributed by atoms with Crippen molar-refractivity contribution in [1.82, 2.24) is 0 Å². The maximum absolute atomic E-state index is 12.7. The van der Waals surface area contributed by atoms with Crippen LogP contribution in [0.4, 0.5) is 11.4 Å². The molecule has 7 nitrogen and oxygen atoms in total. The van der Waals surface area contributed by atoms with Gasteiger partial charge in [0.25, 0.3) is 5.91 Å². The van der Waals surface area contributed by atoms with E-state index in [2.05, 4.69) is 5.32 Å². The van der Waals surface area contributed by atoms with E-state index in [9.17, 15) is 14.4 Å². The van der Waals surface area contributed by atoms with Gasteiger partial charge in [0.1, 0.15) is 5.75 Å². The highest BCUT2D eigenvalue weighted by atomic mass is 16.5. The van der Waals surface area contributed by atoms with Crippen LogP contribution >= 0.6 is 0 Å². The number of nitrogens with zero attached hydrogens (tertiary/aromatic N) is 1. The molecule has 0 aliphatic carbocycles. The van der Waals surface area contributed by atoms with Crippen molar-refractivity contribution >= 4 is 29.2 Å². The lowest BCUT2D eigenvalue weighted by Gasteiger charge is -2.20. The van der Waals surface area contributed by atoms with Crippen molar-refractivity contribution in [3.8, 4) is 5.75 Å². The van der Waals surface area contributed by atoms with Gasteiger partial charge in [-0.15, -0.1) is 0 Å². The molecule has 1 N–H and O–H groups in total. The summed E-state index contributed by atoms with van der Waals surface area (Å²) in [5, 5.41) is 2.83.